The lowest BCUT2D eigenvalue weighted by Gasteiger charge is -2.26. The van der Waals surface area contributed by atoms with Crippen molar-refractivity contribution in [3.05, 3.63) is 35.4 Å². The Hall–Kier alpha value is -1.44. The minimum Gasteiger partial charge on any atom is -0.379 e. The van der Waals surface area contributed by atoms with Gasteiger partial charge < -0.3 is 10.1 Å². The Balaban J connectivity index is 1.66. The van der Waals surface area contributed by atoms with Crippen molar-refractivity contribution in [2.24, 2.45) is 0 Å². The maximum atomic E-state index is 12.2. The fraction of sp³-hybridized carbons (Fsp3) is 0.650. The van der Waals surface area contributed by atoms with Crippen LogP contribution < -0.4 is 5.32 Å². The topological polar surface area (TPSA) is 75.7 Å². The van der Waals surface area contributed by atoms with Gasteiger partial charge in [0.2, 0.25) is 15.9 Å². The van der Waals surface area contributed by atoms with Crippen LogP contribution >= 0.6 is 0 Å². The molecule has 1 aliphatic rings. The van der Waals surface area contributed by atoms with Gasteiger partial charge in [-0.1, -0.05) is 45.0 Å². The first kappa shape index (κ1) is 21.9. The second kappa shape index (κ2) is 9.66. The van der Waals surface area contributed by atoms with Crippen LogP contribution in [-0.2, 0) is 31.4 Å². The Kier molecular flexibility index (Phi) is 7.82. The Bertz CT molecular complexity index is 702. The molecule has 1 aromatic rings. The molecule has 2 rings (SSSR count). The van der Waals surface area contributed by atoms with Crippen molar-refractivity contribution >= 4 is 15.9 Å². The van der Waals surface area contributed by atoms with Crippen molar-refractivity contribution in [2.75, 3.05) is 38.6 Å². The summed E-state index contributed by atoms with van der Waals surface area (Å²) in [4.78, 5) is 11.9. The molecule has 0 atom stereocenters. The third-order valence-electron chi connectivity index (χ3n) is 4.73. The van der Waals surface area contributed by atoms with E-state index in [4.69, 9.17) is 4.74 Å². The maximum Gasteiger partial charge on any atom is 0.220 e. The van der Waals surface area contributed by atoms with Crippen LogP contribution in [0.2, 0.25) is 0 Å². The molecule has 7 heteroatoms. The third-order valence-corrected chi connectivity index (χ3v) is 6.61. The monoisotopic (exact) mass is 396 g/mol. The van der Waals surface area contributed by atoms with Gasteiger partial charge in [0.25, 0.3) is 0 Å². The molecular weight excluding hydrogens is 364 g/mol. The number of sulfonamides is 1. The number of nitrogens with one attached hydrogen (secondary N) is 1. The second-order valence-corrected chi connectivity index (χ2v) is 10.1. The Labute approximate surface area is 163 Å². The minimum atomic E-state index is -3.32. The van der Waals surface area contributed by atoms with Gasteiger partial charge in [-0.2, -0.15) is 4.31 Å². The van der Waals surface area contributed by atoms with E-state index in [1.165, 1.54) is 15.4 Å². The number of nitrogens with zero attached hydrogens (tertiary/aromatic N) is 1. The number of rotatable bonds is 8. The Morgan fingerprint density at radius 1 is 1.15 bits per heavy atom. The molecule has 0 unspecified atom stereocenters. The summed E-state index contributed by atoms with van der Waals surface area (Å²) in [6.07, 6.45) is 1.99. The van der Waals surface area contributed by atoms with E-state index in [0.29, 0.717) is 32.7 Å². The number of hydrogen-bond acceptors (Lipinski definition) is 4. The van der Waals surface area contributed by atoms with Crippen LogP contribution in [0.1, 0.15) is 44.7 Å². The highest BCUT2D eigenvalue weighted by Gasteiger charge is 2.23. The highest BCUT2D eigenvalue weighted by atomic mass is 32.2. The van der Waals surface area contributed by atoms with E-state index in [0.717, 1.165) is 12.8 Å². The fourth-order valence-electron chi connectivity index (χ4n) is 2.99. The quantitative estimate of drug-likeness (QED) is 0.730. The number of carbonyl (C=O) groups is 1. The van der Waals surface area contributed by atoms with Crippen molar-refractivity contribution in [2.45, 2.75) is 45.4 Å². The molecule has 27 heavy (non-hydrogen) atoms. The van der Waals surface area contributed by atoms with Crippen LogP contribution in [0.4, 0.5) is 0 Å². The number of morpholine rings is 1. The van der Waals surface area contributed by atoms with Crippen molar-refractivity contribution in [1.82, 2.24) is 9.62 Å². The number of aryl methyl sites for hydroxylation is 1. The van der Waals surface area contributed by atoms with Crippen LogP contribution in [0.5, 0.6) is 0 Å². The molecule has 152 valence electrons. The summed E-state index contributed by atoms with van der Waals surface area (Å²) in [6, 6.07) is 8.53. The molecule has 1 aliphatic heterocycles. The zero-order valence-electron chi connectivity index (χ0n) is 16.7. The molecular formula is C20H32N2O4S. The molecule has 0 bridgehead atoms. The Morgan fingerprint density at radius 3 is 2.37 bits per heavy atom. The molecule has 0 spiro atoms. The van der Waals surface area contributed by atoms with E-state index in [1.807, 2.05) is 0 Å². The van der Waals surface area contributed by atoms with E-state index >= 15 is 0 Å². The summed E-state index contributed by atoms with van der Waals surface area (Å²) in [6.45, 7) is 8.36. The van der Waals surface area contributed by atoms with Crippen molar-refractivity contribution in [1.29, 1.82) is 0 Å². The van der Waals surface area contributed by atoms with Gasteiger partial charge in [0.05, 0.1) is 19.0 Å². The summed E-state index contributed by atoms with van der Waals surface area (Å²) in [5.74, 6) is -0.161. The molecule has 0 saturated carbocycles. The van der Waals surface area contributed by atoms with E-state index in [2.05, 4.69) is 50.4 Å². The van der Waals surface area contributed by atoms with E-state index in [9.17, 15) is 13.2 Å². The highest BCUT2D eigenvalue weighted by molar-refractivity contribution is 7.89. The van der Waals surface area contributed by atoms with Crippen molar-refractivity contribution in [3.8, 4) is 0 Å². The number of ether oxygens (including phenoxy) is 1. The van der Waals surface area contributed by atoms with Gasteiger partial charge in [0, 0.05) is 26.1 Å². The van der Waals surface area contributed by atoms with Crippen LogP contribution in [0.3, 0.4) is 0 Å². The maximum absolute atomic E-state index is 12.2. The van der Waals surface area contributed by atoms with Crippen LogP contribution in [-0.4, -0.2) is 57.2 Å². The van der Waals surface area contributed by atoms with Gasteiger partial charge in [-0.25, -0.2) is 8.42 Å². The predicted molar refractivity (Wildman–Crippen MR) is 107 cm³/mol. The number of benzene rings is 1. The molecule has 1 saturated heterocycles. The summed E-state index contributed by atoms with van der Waals surface area (Å²) in [5.41, 5.74) is 2.65. The fourth-order valence-corrected chi connectivity index (χ4v) is 4.31. The lowest BCUT2D eigenvalue weighted by Crippen LogP contribution is -2.43. The summed E-state index contributed by atoms with van der Waals surface area (Å²) < 4.78 is 31.0. The third kappa shape index (κ3) is 7.24. The molecule has 1 aromatic carbocycles. The van der Waals surface area contributed by atoms with E-state index < -0.39 is 10.0 Å². The molecule has 1 amide bonds. The van der Waals surface area contributed by atoms with Gasteiger partial charge in [-0.15, -0.1) is 0 Å². The number of carbonyl (C=O) groups excluding carboxylic acids is 1. The van der Waals surface area contributed by atoms with E-state index in [1.54, 1.807) is 0 Å². The summed E-state index contributed by atoms with van der Waals surface area (Å²) >= 11 is 0. The lowest BCUT2D eigenvalue weighted by atomic mass is 9.86. The summed E-state index contributed by atoms with van der Waals surface area (Å²) in [5, 5.41) is 2.72. The zero-order valence-corrected chi connectivity index (χ0v) is 17.5. The van der Waals surface area contributed by atoms with Crippen LogP contribution in [0.15, 0.2) is 24.3 Å². The molecule has 0 aliphatic carbocycles. The van der Waals surface area contributed by atoms with Gasteiger partial charge in [-0.05, 0) is 29.4 Å². The highest BCUT2D eigenvalue weighted by Crippen LogP contribution is 2.22. The zero-order chi connectivity index (χ0) is 19.9. The molecule has 6 nitrogen and oxygen atoms in total. The van der Waals surface area contributed by atoms with Gasteiger partial charge in [0.1, 0.15) is 0 Å². The average molecular weight is 397 g/mol. The normalized spacial score (nSPS) is 16.3. The van der Waals surface area contributed by atoms with Gasteiger partial charge in [0.15, 0.2) is 0 Å². The predicted octanol–water partition coefficient (Wildman–Crippen LogP) is 2.08. The molecule has 0 radical (unpaired) electrons. The standard InChI is InChI=1S/C20H32N2O4S/c1-20(2,3)18-9-7-17(8-10-18)5-4-6-19(23)21-11-16-27(24,25)22-12-14-26-15-13-22/h7-10H,4-6,11-16H2,1-3H3,(H,21,23). The first-order chi connectivity index (χ1) is 12.7. The van der Waals surface area contributed by atoms with Gasteiger partial charge in [-0.3, -0.25) is 4.79 Å². The molecule has 1 N–H and O–H groups in total. The molecule has 1 fully saturated rings. The SMILES string of the molecule is CC(C)(C)c1ccc(CCCC(=O)NCCS(=O)(=O)N2CCOCC2)cc1. The van der Waals surface area contributed by atoms with Crippen LogP contribution in [0, 0.1) is 0 Å². The molecule has 1 heterocycles. The number of hydrogen-bond donors (Lipinski definition) is 1. The van der Waals surface area contributed by atoms with Crippen molar-refractivity contribution < 1.29 is 17.9 Å². The Morgan fingerprint density at radius 2 is 1.78 bits per heavy atom. The second-order valence-electron chi connectivity index (χ2n) is 7.98. The molecule has 0 aromatic heterocycles. The van der Waals surface area contributed by atoms with E-state index in [-0.39, 0.29) is 23.6 Å². The summed E-state index contributed by atoms with van der Waals surface area (Å²) in [7, 11) is -3.32. The average Bonchev–Trinajstić information content (AvgIpc) is 2.62. The largest absolute Gasteiger partial charge is 0.379 e. The van der Waals surface area contributed by atoms with Crippen LogP contribution in [0.25, 0.3) is 0 Å². The smallest absolute Gasteiger partial charge is 0.220 e. The van der Waals surface area contributed by atoms with Gasteiger partial charge >= 0.3 is 0 Å². The lowest BCUT2D eigenvalue weighted by molar-refractivity contribution is -0.121. The van der Waals surface area contributed by atoms with Crippen molar-refractivity contribution in [3.63, 3.8) is 0 Å². The number of amides is 1. The first-order valence-corrected chi connectivity index (χ1v) is 11.2. The minimum absolute atomic E-state index is 0.0625. The first-order valence-electron chi connectivity index (χ1n) is 9.60.